The number of nitrogens with two attached hydrogens (primary N) is 1. The zero-order valence-electron chi connectivity index (χ0n) is 10.5. The molecule has 2 aliphatic heterocycles. The normalized spacial score (nSPS) is 24.6. The van der Waals surface area contributed by atoms with Crippen LogP contribution < -0.4 is 9.88 Å². The predicted octanol–water partition coefficient (Wildman–Crippen LogP) is -1.38. The number of likely N-dealkylation sites (tertiary alicyclic amines) is 1. The molecule has 1 unspecified atom stereocenters. The minimum Gasteiger partial charge on any atom is -0.475 e. The fourth-order valence-corrected chi connectivity index (χ4v) is 2.99. The summed E-state index contributed by atoms with van der Waals surface area (Å²) >= 11 is 0. The van der Waals surface area contributed by atoms with Crippen molar-refractivity contribution in [3.63, 3.8) is 0 Å². The van der Waals surface area contributed by atoms with Crippen molar-refractivity contribution in [1.82, 2.24) is 14.7 Å². The van der Waals surface area contributed by atoms with Crippen LogP contribution in [0.5, 0.6) is 5.88 Å². The monoisotopic (exact) mass is 288 g/mol. The number of hydrogen-bond acceptors (Lipinski definition) is 6. The summed E-state index contributed by atoms with van der Waals surface area (Å²) in [6.07, 6.45) is 1.51. The van der Waals surface area contributed by atoms with E-state index in [0.29, 0.717) is 13.2 Å². The number of ether oxygens (including phenoxy) is 2. The molecule has 9 heteroatoms. The van der Waals surface area contributed by atoms with Gasteiger partial charge in [-0.3, -0.25) is 4.90 Å². The van der Waals surface area contributed by atoms with Gasteiger partial charge in [0.05, 0.1) is 24.9 Å². The SMILES string of the molecule is COC1CN(C2COc3c(S(N)(=O)=O)cnn3C2)C1. The molecule has 0 radical (unpaired) electrons. The van der Waals surface area contributed by atoms with Crippen LogP contribution in [0.25, 0.3) is 0 Å². The van der Waals surface area contributed by atoms with E-state index in [1.54, 1.807) is 11.8 Å². The maximum absolute atomic E-state index is 11.3. The average molecular weight is 288 g/mol. The maximum atomic E-state index is 11.3. The van der Waals surface area contributed by atoms with Crippen LogP contribution in [0.4, 0.5) is 0 Å². The lowest BCUT2D eigenvalue weighted by Gasteiger charge is -2.44. The lowest BCUT2D eigenvalue weighted by atomic mass is 10.1. The third-order valence-corrected chi connectivity index (χ3v) is 4.48. The summed E-state index contributed by atoms with van der Waals surface area (Å²) in [6.45, 7) is 2.76. The summed E-state index contributed by atoms with van der Waals surface area (Å²) in [5.74, 6) is 0.238. The predicted molar refractivity (Wildman–Crippen MR) is 65.3 cm³/mol. The average Bonchev–Trinajstić information content (AvgIpc) is 2.70. The molecule has 0 aromatic carbocycles. The molecule has 8 nitrogen and oxygen atoms in total. The summed E-state index contributed by atoms with van der Waals surface area (Å²) in [5, 5.41) is 9.13. The van der Waals surface area contributed by atoms with Crippen molar-refractivity contribution in [3.05, 3.63) is 6.20 Å². The Hall–Kier alpha value is -1.16. The molecule has 3 rings (SSSR count). The van der Waals surface area contributed by atoms with Crippen LogP contribution in [0, 0.1) is 0 Å². The van der Waals surface area contributed by atoms with E-state index in [1.807, 2.05) is 0 Å². The summed E-state index contributed by atoms with van der Waals surface area (Å²) < 4.78 is 35.0. The van der Waals surface area contributed by atoms with E-state index in [9.17, 15) is 8.42 Å². The van der Waals surface area contributed by atoms with E-state index in [-0.39, 0.29) is 22.9 Å². The molecule has 0 aliphatic carbocycles. The Morgan fingerprint density at radius 2 is 2.21 bits per heavy atom. The minimum absolute atomic E-state index is 0.0515. The summed E-state index contributed by atoms with van der Waals surface area (Å²) in [7, 11) is -2.09. The van der Waals surface area contributed by atoms with Gasteiger partial charge in [0.15, 0.2) is 4.90 Å². The number of sulfonamides is 1. The Bertz CT molecular complexity index is 578. The zero-order chi connectivity index (χ0) is 13.6. The third-order valence-electron chi connectivity index (χ3n) is 3.59. The van der Waals surface area contributed by atoms with Crippen LogP contribution in [-0.4, -0.2) is 62.1 Å². The molecule has 3 heterocycles. The lowest BCUT2D eigenvalue weighted by molar-refractivity contribution is -0.0687. The molecule has 2 aliphatic rings. The van der Waals surface area contributed by atoms with Gasteiger partial charge in [-0.15, -0.1) is 0 Å². The number of rotatable bonds is 3. The van der Waals surface area contributed by atoms with E-state index in [2.05, 4.69) is 10.00 Å². The van der Waals surface area contributed by atoms with Crippen molar-refractivity contribution in [1.29, 1.82) is 0 Å². The van der Waals surface area contributed by atoms with Crippen molar-refractivity contribution in [2.45, 2.75) is 23.6 Å². The van der Waals surface area contributed by atoms with Crippen molar-refractivity contribution < 1.29 is 17.9 Å². The Morgan fingerprint density at radius 1 is 1.47 bits per heavy atom. The molecule has 0 amide bonds. The number of aromatic nitrogens is 2. The largest absolute Gasteiger partial charge is 0.475 e. The highest BCUT2D eigenvalue weighted by atomic mass is 32.2. The van der Waals surface area contributed by atoms with Gasteiger partial charge in [-0.05, 0) is 0 Å². The minimum atomic E-state index is -3.78. The fraction of sp³-hybridized carbons (Fsp3) is 0.700. The van der Waals surface area contributed by atoms with Gasteiger partial charge >= 0.3 is 0 Å². The molecule has 0 saturated carbocycles. The summed E-state index contributed by atoms with van der Waals surface area (Å²) in [5.41, 5.74) is 0. The first-order chi connectivity index (χ1) is 8.99. The van der Waals surface area contributed by atoms with Crippen molar-refractivity contribution in [2.75, 3.05) is 26.8 Å². The highest BCUT2D eigenvalue weighted by Gasteiger charge is 2.36. The number of hydrogen-bond donors (Lipinski definition) is 1. The van der Waals surface area contributed by atoms with Crippen molar-refractivity contribution in [3.8, 4) is 5.88 Å². The van der Waals surface area contributed by atoms with Gasteiger partial charge in [0, 0.05) is 20.2 Å². The molecular weight excluding hydrogens is 272 g/mol. The number of fused-ring (bicyclic) bond motifs is 1. The van der Waals surface area contributed by atoms with Crippen molar-refractivity contribution in [2.24, 2.45) is 5.14 Å². The second-order valence-corrected chi connectivity index (χ2v) is 6.35. The Kier molecular flexibility index (Phi) is 3.01. The first kappa shape index (κ1) is 12.9. The van der Waals surface area contributed by atoms with Crippen LogP contribution in [0.2, 0.25) is 0 Å². The highest BCUT2D eigenvalue weighted by molar-refractivity contribution is 7.89. The maximum Gasteiger partial charge on any atom is 0.245 e. The standard InChI is InChI=1S/C10H16N4O4S/c1-17-8-4-13(5-8)7-3-14-10(18-6-7)9(2-12-14)19(11,15)16/h2,7-8H,3-6H2,1H3,(H2,11,15,16). The molecule has 106 valence electrons. The Balaban J connectivity index is 1.74. The van der Waals surface area contributed by atoms with Gasteiger partial charge in [-0.1, -0.05) is 0 Å². The number of primary sulfonamides is 1. The van der Waals surface area contributed by atoms with E-state index in [4.69, 9.17) is 14.6 Å². The first-order valence-electron chi connectivity index (χ1n) is 5.97. The Morgan fingerprint density at radius 3 is 2.84 bits per heavy atom. The van der Waals surface area contributed by atoms with E-state index in [0.717, 1.165) is 13.1 Å². The van der Waals surface area contributed by atoms with Crippen LogP contribution in [0.3, 0.4) is 0 Å². The van der Waals surface area contributed by atoms with Gasteiger partial charge in [0.1, 0.15) is 6.61 Å². The molecule has 0 spiro atoms. The molecule has 0 bridgehead atoms. The van der Waals surface area contributed by atoms with E-state index in [1.165, 1.54) is 6.20 Å². The first-order valence-corrected chi connectivity index (χ1v) is 7.52. The summed E-state index contributed by atoms with van der Waals surface area (Å²) in [6, 6.07) is 0.187. The third kappa shape index (κ3) is 2.22. The van der Waals surface area contributed by atoms with Crippen LogP contribution in [0.1, 0.15) is 0 Å². The van der Waals surface area contributed by atoms with E-state index >= 15 is 0 Å². The fourth-order valence-electron chi connectivity index (χ4n) is 2.39. The Labute approximate surface area is 111 Å². The lowest BCUT2D eigenvalue weighted by Crippen LogP contribution is -2.59. The second kappa shape index (κ2) is 4.44. The number of methoxy groups -OCH3 is 1. The van der Waals surface area contributed by atoms with Gasteiger partial charge in [0.2, 0.25) is 15.9 Å². The topological polar surface area (TPSA) is 99.7 Å². The van der Waals surface area contributed by atoms with Gasteiger partial charge in [-0.25, -0.2) is 18.2 Å². The molecule has 1 aromatic heterocycles. The van der Waals surface area contributed by atoms with Gasteiger partial charge in [0.25, 0.3) is 0 Å². The molecule has 1 aromatic rings. The van der Waals surface area contributed by atoms with Gasteiger partial charge < -0.3 is 9.47 Å². The van der Waals surface area contributed by atoms with Crippen LogP contribution in [0.15, 0.2) is 11.1 Å². The van der Waals surface area contributed by atoms with Crippen molar-refractivity contribution >= 4 is 10.0 Å². The van der Waals surface area contributed by atoms with Crippen LogP contribution in [-0.2, 0) is 21.3 Å². The molecule has 1 fully saturated rings. The molecule has 2 N–H and O–H groups in total. The quantitative estimate of drug-likeness (QED) is 0.736. The van der Waals surface area contributed by atoms with Gasteiger partial charge in [-0.2, -0.15) is 5.10 Å². The smallest absolute Gasteiger partial charge is 0.245 e. The van der Waals surface area contributed by atoms with E-state index < -0.39 is 10.0 Å². The molecule has 19 heavy (non-hydrogen) atoms. The van der Waals surface area contributed by atoms with Crippen LogP contribution >= 0.6 is 0 Å². The highest BCUT2D eigenvalue weighted by Crippen LogP contribution is 2.28. The molecule has 1 atom stereocenters. The zero-order valence-corrected chi connectivity index (χ0v) is 11.3. The molecule has 1 saturated heterocycles. The second-order valence-electron chi connectivity index (χ2n) is 4.82. The summed E-state index contributed by atoms with van der Waals surface area (Å²) in [4.78, 5) is 2.18. The number of nitrogens with zero attached hydrogens (tertiary/aromatic N) is 3. The molecular formula is C10H16N4O4S.